The number of nitrogens with zero attached hydrogens (tertiary/aromatic N) is 1. The molecule has 1 aromatic rings. The van der Waals surface area contributed by atoms with E-state index in [0.717, 1.165) is 0 Å². The largest absolute Gasteiger partial charge is 0.496 e. The summed E-state index contributed by atoms with van der Waals surface area (Å²) >= 11 is 0. The minimum Gasteiger partial charge on any atom is -0.496 e. The molecule has 0 bridgehead atoms. The zero-order valence-corrected chi connectivity index (χ0v) is 10.7. The molecule has 0 aromatic heterocycles. The number of benzene rings is 1. The van der Waals surface area contributed by atoms with Crippen molar-refractivity contribution in [3.63, 3.8) is 0 Å². The van der Waals surface area contributed by atoms with E-state index in [2.05, 4.69) is 0 Å². The number of methoxy groups -OCH3 is 1. The summed E-state index contributed by atoms with van der Waals surface area (Å²) in [4.78, 5) is 25.6. The van der Waals surface area contributed by atoms with Crippen LogP contribution in [-0.2, 0) is 4.79 Å². The van der Waals surface area contributed by atoms with Crippen molar-refractivity contribution in [1.82, 2.24) is 4.90 Å². The Balaban J connectivity index is 2.19. The third kappa shape index (κ3) is 2.37. The first-order valence-corrected chi connectivity index (χ1v) is 6.08. The second-order valence-corrected chi connectivity index (χ2v) is 4.57. The van der Waals surface area contributed by atoms with Crippen molar-refractivity contribution >= 4 is 11.7 Å². The van der Waals surface area contributed by atoms with Gasteiger partial charge in [-0.1, -0.05) is 19.1 Å². The van der Waals surface area contributed by atoms with E-state index in [9.17, 15) is 9.59 Å². The van der Waals surface area contributed by atoms with E-state index in [1.54, 1.807) is 24.1 Å². The van der Waals surface area contributed by atoms with Crippen LogP contribution in [0.5, 0.6) is 5.75 Å². The minimum absolute atomic E-state index is 0.0631. The maximum Gasteiger partial charge on any atom is 0.257 e. The number of ether oxygens (including phenoxy) is 1. The van der Waals surface area contributed by atoms with Gasteiger partial charge in [-0.3, -0.25) is 9.59 Å². The molecule has 1 unspecified atom stereocenters. The fraction of sp³-hybridized carbons (Fsp3) is 0.429. The summed E-state index contributed by atoms with van der Waals surface area (Å²) in [6, 6.07) is 7.17. The average molecular weight is 247 g/mol. The van der Waals surface area contributed by atoms with E-state index >= 15 is 0 Å². The van der Waals surface area contributed by atoms with Crippen LogP contribution < -0.4 is 4.74 Å². The van der Waals surface area contributed by atoms with Gasteiger partial charge in [0.1, 0.15) is 11.5 Å². The van der Waals surface area contributed by atoms with Crippen LogP contribution in [0.1, 0.15) is 23.7 Å². The molecule has 18 heavy (non-hydrogen) atoms. The zero-order chi connectivity index (χ0) is 13.1. The van der Waals surface area contributed by atoms with Crippen molar-refractivity contribution in [3.8, 4) is 5.75 Å². The molecule has 1 saturated heterocycles. The molecule has 1 amide bonds. The van der Waals surface area contributed by atoms with Crippen LogP contribution in [-0.4, -0.2) is 36.8 Å². The SMILES string of the molecule is COc1ccccc1C(=O)N1CCC(=O)C(C)C1. The maximum atomic E-state index is 12.4. The van der Waals surface area contributed by atoms with Gasteiger partial charge in [0, 0.05) is 25.4 Å². The summed E-state index contributed by atoms with van der Waals surface area (Å²) in [6.07, 6.45) is 0.446. The van der Waals surface area contributed by atoms with Crippen molar-refractivity contribution in [2.24, 2.45) is 5.92 Å². The fourth-order valence-electron chi connectivity index (χ4n) is 2.19. The molecule has 0 radical (unpaired) electrons. The molecular weight excluding hydrogens is 230 g/mol. The molecule has 2 rings (SSSR count). The number of likely N-dealkylation sites (tertiary alicyclic amines) is 1. The van der Waals surface area contributed by atoms with E-state index in [1.165, 1.54) is 0 Å². The Morgan fingerprint density at radius 2 is 2.11 bits per heavy atom. The molecule has 0 saturated carbocycles. The lowest BCUT2D eigenvalue weighted by Crippen LogP contribution is -2.43. The average Bonchev–Trinajstić information content (AvgIpc) is 2.41. The Labute approximate surface area is 107 Å². The van der Waals surface area contributed by atoms with Crippen molar-refractivity contribution in [2.75, 3.05) is 20.2 Å². The van der Waals surface area contributed by atoms with Gasteiger partial charge in [-0.25, -0.2) is 0 Å². The van der Waals surface area contributed by atoms with Gasteiger partial charge in [-0.05, 0) is 12.1 Å². The summed E-state index contributed by atoms with van der Waals surface area (Å²) in [7, 11) is 1.55. The Morgan fingerprint density at radius 1 is 1.39 bits per heavy atom. The molecule has 1 atom stereocenters. The standard InChI is InChI=1S/C14H17NO3/c1-10-9-15(8-7-12(10)16)14(17)11-5-3-4-6-13(11)18-2/h3-6,10H,7-9H2,1-2H3. The summed E-state index contributed by atoms with van der Waals surface area (Å²) in [6.45, 7) is 2.86. The normalized spacial score (nSPS) is 19.8. The molecule has 1 aromatic carbocycles. The monoisotopic (exact) mass is 247 g/mol. The lowest BCUT2D eigenvalue weighted by Gasteiger charge is -2.30. The molecule has 0 spiro atoms. The van der Waals surface area contributed by atoms with Gasteiger partial charge >= 0.3 is 0 Å². The van der Waals surface area contributed by atoms with Gasteiger partial charge < -0.3 is 9.64 Å². The predicted octanol–water partition coefficient (Wildman–Crippen LogP) is 1.75. The molecule has 1 aliphatic rings. The number of para-hydroxylation sites is 1. The van der Waals surface area contributed by atoms with Crippen molar-refractivity contribution in [1.29, 1.82) is 0 Å². The van der Waals surface area contributed by atoms with Crippen LogP contribution in [0.3, 0.4) is 0 Å². The number of amides is 1. The summed E-state index contributed by atoms with van der Waals surface area (Å²) < 4.78 is 5.19. The van der Waals surface area contributed by atoms with Gasteiger partial charge in [0.25, 0.3) is 5.91 Å². The molecule has 0 N–H and O–H groups in total. The zero-order valence-electron chi connectivity index (χ0n) is 10.7. The number of ketones is 1. The van der Waals surface area contributed by atoms with Gasteiger partial charge in [-0.15, -0.1) is 0 Å². The Morgan fingerprint density at radius 3 is 2.78 bits per heavy atom. The number of hydrogen-bond acceptors (Lipinski definition) is 3. The van der Waals surface area contributed by atoms with E-state index < -0.39 is 0 Å². The Hall–Kier alpha value is -1.84. The van der Waals surface area contributed by atoms with Gasteiger partial charge in [0.15, 0.2) is 0 Å². The number of piperidine rings is 1. The smallest absolute Gasteiger partial charge is 0.257 e. The second kappa shape index (κ2) is 5.21. The summed E-state index contributed by atoms with van der Waals surface area (Å²) in [5.41, 5.74) is 0.557. The van der Waals surface area contributed by atoms with Crippen LogP contribution in [0.25, 0.3) is 0 Å². The van der Waals surface area contributed by atoms with Crippen LogP contribution in [0.2, 0.25) is 0 Å². The number of carbonyl (C=O) groups excluding carboxylic acids is 2. The van der Waals surface area contributed by atoms with Crippen LogP contribution >= 0.6 is 0 Å². The lowest BCUT2D eigenvalue weighted by molar-refractivity contribution is -0.124. The summed E-state index contributed by atoms with van der Waals surface area (Å²) in [5.74, 6) is 0.676. The van der Waals surface area contributed by atoms with E-state index in [4.69, 9.17) is 4.74 Å². The first kappa shape index (κ1) is 12.6. The molecule has 1 aliphatic heterocycles. The quantitative estimate of drug-likeness (QED) is 0.799. The molecular formula is C14H17NO3. The highest BCUT2D eigenvalue weighted by Crippen LogP contribution is 2.22. The van der Waals surface area contributed by atoms with E-state index in [1.807, 2.05) is 19.1 Å². The molecule has 4 nitrogen and oxygen atoms in total. The van der Waals surface area contributed by atoms with Gasteiger partial charge in [-0.2, -0.15) is 0 Å². The molecule has 1 heterocycles. The summed E-state index contributed by atoms with van der Waals surface area (Å²) in [5, 5.41) is 0. The van der Waals surface area contributed by atoms with E-state index in [-0.39, 0.29) is 17.6 Å². The lowest BCUT2D eigenvalue weighted by atomic mass is 9.98. The first-order chi connectivity index (χ1) is 8.63. The van der Waals surface area contributed by atoms with Crippen LogP contribution in [0.15, 0.2) is 24.3 Å². The van der Waals surface area contributed by atoms with Crippen molar-refractivity contribution < 1.29 is 14.3 Å². The molecule has 96 valence electrons. The topological polar surface area (TPSA) is 46.6 Å². The van der Waals surface area contributed by atoms with Crippen molar-refractivity contribution in [3.05, 3.63) is 29.8 Å². The molecule has 0 aliphatic carbocycles. The molecule has 1 fully saturated rings. The number of hydrogen-bond donors (Lipinski definition) is 0. The maximum absolute atomic E-state index is 12.4. The Bertz CT molecular complexity index is 470. The van der Waals surface area contributed by atoms with E-state index in [0.29, 0.717) is 30.8 Å². The second-order valence-electron chi connectivity index (χ2n) is 4.57. The fourth-order valence-corrected chi connectivity index (χ4v) is 2.19. The minimum atomic E-state index is -0.0718. The van der Waals surface area contributed by atoms with Crippen LogP contribution in [0, 0.1) is 5.92 Å². The number of carbonyl (C=O) groups is 2. The predicted molar refractivity (Wildman–Crippen MR) is 67.7 cm³/mol. The highest BCUT2D eigenvalue weighted by Gasteiger charge is 2.28. The highest BCUT2D eigenvalue weighted by molar-refractivity contribution is 5.98. The van der Waals surface area contributed by atoms with Gasteiger partial charge in [0.2, 0.25) is 0 Å². The van der Waals surface area contributed by atoms with Crippen molar-refractivity contribution in [2.45, 2.75) is 13.3 Å². The number of rotatable bonds is 2. The molecule has 4 heteroatoms. The van der Waals surface area contributed by atoms with Gasteiger partial charge in [0.05, 0.1) is 12.7 Å². The van der Waals surface area contributed by atoms with Crippen LogP contribution in [0.4, 0.5) is 0 Å². The third-order valence-electron chi connectivity index (χ3n) is 3.30. The highest BCUT2D eigenvalue weighted by atomic mass is 16.5. The Kier molecular flexibility index (Phi) is 3.65. The number of Topliss-reactive ketones (excluding diaryl/α,β-unsaturated/α-hetero) is 1. The third-order valence-corrected chi connectivity index (χ3v) is 3.30. The first-order valence-electron chi connectivity index (χ1n) is 6.08.